The van der Waals surface area contributed by atoms with Crippen LogP contribution in [0, 0.1) is 11.8 Å². The topological polar surface area (TPSA) is 32.3 Å². The van der Waals surface area contributed by atoms with Gasteiger partial charge in [-0.2, -0.15) is 0 Å². The maximum absolute atomic E-state index is 10.3. The quantitative estimate of drug-likeness (QED) is 0.687. The molecule has 1 saturated heterocycles. The number of rotatable bonds is 2. The average molecular weight is 185 g/mol. The van der Waals surface area contributed by atoms with Crippen molar-refractivity contribution >= 4 is 0 Å². The van der Waals surface area contributed by atoms with Crippen LogP contribution in [0.3, 0.4) is 0 Å². The first-order valence-corrected chi connectivity index (χ1v) is 5.40. The van der Waals surface area contributed by atoms with Gasteiger partial charge >= 0.3 is 0 Å². The predicted molar refractivity (Wildman–Crippen MR) is 55.7 cm³/mol. The van der Waals surface area contributed by atoms with Crippen molar-refractivity contribution in [3.05, 3.63) is 0 Å². The fourth-order valence-corrected chi connectivity index (χ4v) is 1.96. The van der Waals surface area contributed by atoms with Crippen LogP contribution < -0.4 is 5.32 Å². The third kappa shape index (κ3) is 2.44. The Labute approximate surface area is 81.7 Å². The van der Waals surface area contributed by atoms with Crippen LogP contribution >= 0.6 is 0 Å². The standard InChI is InChI=1S/C11H23NO/c1-8(2)11(4,13)10-7-9(3)5-6-12-10/h8-10,12-13H,5-7H2,1-4H3. The maximum Gasteiger partial charge on any atom is 0.0794 e. The van der Waals surface area contributed by atoms with Gasteiger partial charge in [0, 0.05) is 6.04 Å². The number of nitrogens with one attached hydrogen (secondary N) is 1. The molecule has 0 aromatic carbocycles. The van der Waals surface area contributed by atoms with Crippen LogP contribution in [-0.4, -0.2) is 23.3 Å². The predicted octanol–water partition coefficient (Wildman–Crippen LogP) is 1.78. The SMILES string of the molecule is CC1CCNC(C(C)(O)C(C)C)C1. The van der Waals surface area contributed by atoms with Crippen LogP contribution in [0.2, 0.25) is 0 Å². The Hall–Kier alpha value is -0.0800. The monoisotopic (exact) mass is 185 g/mol. The second-order valence-electron chi connectivity index (χ2n) is 5.02. The molecule has 13 heavy (non-hydrogen) atoms. The normalized spacial score (nSPS) is 34.6. The van der Waals surface area contributed by atoms with Crippen LogP contribution in [0.4, 0.5) is 0 Å². The Morgan fingerprint density at radius 2 is 2.08 bits per heavy atom. The zero-order chi connectivity index (χ0) is 10.1. The van der Waals surface area contributed by atoms with E-state index in [1.165, 1.54) is 6.42 Å². The van der Waals surface area contributed by atoms with Crippen LogP contribution in [0.15, 0.2) is 0 Å². The van der Waals surface area contributed by atoms with Gasteiger partial charge in [-0.3, -0.25) is 0 Å². The second-order valence-corrected chi connectivity index (χ2v) is 5.02. The molecule has 1 aliphatic heterocycles. The zero-order valence-corrected chi connectivity index (χ0v) is 9.30. The molecule has 1 aliphatic rings. The van der Waals surface area contributed by atoms with E-state index < -0.39 is 5.60 Å². The molecule has 2 nitrogen and oxygen atoms in total. The van der Waals surface area contributed by atoms with E-state index in [-0.39, 0.29) is 6.04 Å². The summed E-state index contributed by atoms with van der Waals surface area (Å²) in [5, 5.41) is 13.7. The molecular formula is C11H23NO. The van der Waals surface area contributed by atoms with Gasteiger partial charge in [-0.25, -0.2) is 0 Å². The molecule has 0 spiro atoms. The van der Waals surface area contributed by atoms with Crippen molar-refractivity contribution in [3.63, 3.8) is 0 Å². The zero-order valence-electron chi connectivity index (χ0n) is 9.30. The van der Waals surface area contributed by atoms with Crippen molar-refractivity contribution in [2.24, 2.45) is 11.8 Å². The van der Waals surface area contributed by atoms with Gasteiger partial charge in [0.25, 0.3) is 0 Å². The molecule has 2 heteroatoms. The minimum Gasteiger partial charge on any atom is -0.388 e. The van der Waals surface area contributed by atoms with E-state index in [0.717, 1.165) is 18.9 Å². The summed E-state index contributed by atoms with van der Waals surface area (Å²) in [7, 11) is 0. The summed E-state index contributed by atoms with van der Waals surface area (Å²) < 4.78 is 0. The van der Waals surface area contributed by atoms with E-state index >= 15 is 0 Å². The molecule has 3 unspecified atom stereocenters. The van der Waals surface area contributed by atoms with Gasteiger partial charge in [0.15, 0.2) is 0 Å². The molecule has 1 fully saturated rings. The van der Waals surface area contributed by atoms with Gasteiger partial charge in [-0.05, 0) is 38.1 Å². The average Bonchev–Trinajstić information content (AvgIpc) is 2.04. The van der Waals surface area contributed by atoms with Crippen molar-refractivity contribution in [1.82, 2.24) is 5.32 Å². The van der Waals surface area contributed by atoms with Gasteiger partial charge in [0.1, 0.15) is 0 Å². The first-order chi connectivity index (χ1) is 5.94. The van der Waals surface area contributed by atoms with E-state index in [4.69, 9.17) is 0 Å². The summed E-state index contributed by atoms with van der Waals surface area (Å²) in [4.78, 5) is 0. The van der Waals surface area contributed by atoms with E-state index in [9.17, 15) is 5.11 Å². The molecule has 0 bridgehead atoms. The van der Waals surface area contributed by atoms with Crippen molar-refractivity contribution < 1.29 is 5.11 Å². The molecule has 0 saturated carbocycles. The molecule has 3 atom stereocenters. The smallest absolute Gasteiger partial charge is 0.0794 e. The minimum atomic E-state index is -0.561. The highest BCUT2D eigenvalue weighted by atomic mass is 16.3. The molecule has 0 aromatic rings. The first-order valence-electron chi connectivity index (χ1n) is 5.40. The molecule has 1 heterocycles. The largest absolute Gasteiger partial charge is 0.388 e. The van der Waals surface area contributed by atoms with Gasteiger partial charge in [-0.1, -0.05) is 20.8 Å². The minimum absolute atomic E-state index is 0.274. The van der Waals surface area contributed by atoms with Gasteiger partial charge in [0.2, 0.25) is 0 Å². The van der Waals surface area contributed by atoms with Crippen LogP contribution in [0.5, 0.6) is 0 Å². The molecule has 78 valence electrons. The lowest BCUT2D eigenvalue weighted by atomic mass is 9.78. The van der Waals surface area contributed by atoms with Crippen molar-refractivity contribution in [2.75, 3.05) is 6.54 Å². The third-order valence-corrected chi connectivity index (χ3v) is 3.54. The lowest BCUT2D eigenvalue weighted by Gasteiger charge is -2.41. The number of hydrogen-bond acceptors (Lipinski definition) is 2. The lowest BCUT2D eigenvalue weighted by Crippen LogP contribution is -2.55. The number of piperidine rings is 1. The molecule has 0 amide bonds. The van der Waals surface area contributed by atoms with Crippen LogP contribution in [-0.2, 0) is 0 Å². The first kappa shape index (κ1) is 11.0. The number of aliphatic hydroxyl groups is 1. The summed E-state index contributed by atoms with van der Waals surface area (Å²) in [5.74, 6) is 1.06. The molecule has 2 N–H and O–H groups in total. The Bertz CT molecular complexity index is 165. The van der Waals surface area contributed by atoms with Crippen molar-refractivity contribution in [3.8, 4) is 0 Å². The highest BCUT2D eigenvalue weighted by molar-refractivity contribution is 4.93. The summed E-state index contributed by atoms with van der Waals surface area (Å²) in [6, 6.07) is 0.274. The number of hydrogen-bond donors (Lipinski definition) is 2. The molecule has 0 radical (unpaired) electrons. The fourth-order valence-electron chi connectivity index (χ4n) is 1.96. The molecular weight excluding hydrogens is 162 g/mol. The maximum atomic E-state index is 10.3. The Kier molecular flexibility index (Phi) is 3.36. The Morgan fingerprint density at radius 3 is 2.54 bits per heavy atom. The van der Waals surface area contributed by atoms with Gasteiger partial charge in [0.05, 0.1) is 5.60 Å². The van der Waals surface area contributed by atoms with Crippen LogP contribution in [0.1, 0.15) is 40.5 Å². The van der Waals surface area contributed by atoms with E-state index in [0.29, 0.717) is 5.92 Å². The van der Waals surface area contributed by atoms with E-state index in [1.54, 1.807) is 0 Å². The van der Waals surface area contributed by atoms with Crippen molar-refractivity contribution in [1.29, 1.82) is 0 Å². The summed E-state index contributed by atoms with van der Waals surface area (Å²) >= 11 is 0. The van der Waals surface area contributed by atoms with Crippen LogP contribution in [0.25, 0.3) is 0 Å². The summed E-state index contributed by atoms with van der Waals surface area (Å²) in [6.45, 7) is 9.44. The van der Waals surface area contributed by atoms with Gasteiger partial charge < -0.3 is 10.4 Å². The third-order valence-electron chi connectivity index (χ3n) is 3.54. The summed E-state index contributed by atoms with van der Waals surface area (Å²) in [5.41, 5.74) is -0.561. The Balaban J connectivity index is 2.59. The van der Waals surface area contributed by atoms with Gasteiger partial charge in [-0.15, -0.1) is 0 Å². The van der Waals surface area contributed by atoms with Crippen molar-refractivity contribution in [2.45, 2.75) is 52.2 Å². The molecule has 1 rings (SSSR count). The fraction of sp³-hybridized carbons (Fsp3) is 1.00. The highest BCUT2D eigenvalue weighted by Crippen LogP contribution is 2.28. The van der Waals surface area contributed by atoms with E-state index in [1.807, 2.05) is 6.92 Å². The lowest BCUT2D eigenvalue weighted by molar-refractivity contribution is -0.0354. The second kappa shape index (κ2) is 3.97. The highest BCUT2D eigenvalue weighted by Gasteiger charge is 2.36. The Morgan fingerprint density at radius 1 is 1.46 bits per heavy atom. The summed E-state index contributed by atoms with van der Waals surface area (Å²) in [6.07, 6.45) is 2.34. The van der Waals surface area contributed by atoms with E-state index in [2.05, 4.69) is 26.1 Å². The molecule has 0 aromatic heterocycles. The molecule has 0 aliphatic carbocycles.